The molecule has 5 nitrogen and oxygen atoms in total. The Morgan fingerprint density at radius 1 is 1.32 bits per heavy atom. The summed E-state index contributed by atoms with van der Waals surface area (Å²) in [6, 6.07) is 3.28. The number of carbonyl (C=O) groups excluding carboxylic acids is 1. The van der Waals surface area contributed by atoms with Crippen molar-refractivity contribution in [3.05, 3.63) is 28.8 Å². The van der Waals surface area contributed by atoms with Gasteiger partial charge in [0.25, 0.3) is 5.91 Å². The summed E-state index contributed by atoms with van der Waals surface area (Å²) in [6.07, 6.45) is 2.13. The van der Waals surface area contributed by atoms with Crippen LogP contribution >= 0.6 is 0 Å². The van der Waals surface area contributed by atoms with Crippen molar-refractivity contribution in [1.29, 1.82) is 0 Å². The molecule has 0 saturated carbocycles. The van der Waals surface area contributed by atoms with Crippen molar-refractivity contribution in [3.8, 4) is 0 Å². The Morgan fingerprint density at radius 2 is 2.00 bits per heavy atom. The molecule has 1 aliphatic rings. The Hall–Kier alpha value is -1.40. The first-order valence-electron chi connectivity index (χ1n) is 7.60. The van der Waals surface area contributed by atoms with Crippen molar-refractivity contribution in [2.24, 2.45) is 5.92 Å². The van der Waals surface area contributed by atoms with Gasteiger partial charge in [-0.15, -0.1) is 0 Å². The number of nitrogens with zero attached hydrogens (tertiary/aromatic N) is 1. The van der Waals surface area contributed by atoms with Crippen molar-refractivity contribution < 1.29 is 13.2 Å². The van der Waals surface area contributed by atoms with E-state index in [0.29, 0.717) is 17.0 Å². The minimum atomic E-state index is -3.57. The first kappa shape index (κ1) is 17.0. The van der Waals surface area contributed by atoms with Crippen LogP contribution in [0, 0.1) is 19.8 Å². The number of nitrogens with one attached hydrogen (secondary N) is 1. The first-order valence-corrected chi connectivity index (χ1v) is 9.08. The summed E-state index contributed by atoms with van der Waals surface area (Å²) in [4.78, 5) is 14.7. The lowest BCUT2D eigenvalue weighted by atomic mass is 9.99. The van der Waals surface area contributed by atoms with Crippen LogP contribution in [0.4, 0.5) is 0 Å². The normalized spacial score (nSPS) is 19.3. The second-order valence-electron chi connectivity index (χ2n) is 6.12. The van der Waals surface area contributed by atoms with Crippen molar-refractivity contribution in [2.75, 3.05) is 20.1 Å². The molecule has 1 aromatic rings. The summed E-state index contributed by atoms with van der Waals surface area (Å²) < 4.78 is 26.6. The maximum atomic E-state index is 12.7. The van der Waals surface area contributed by atoms with Gasteiger partial charge >= 0.3 is 0 Å². The third-order valence-electron chi connectivity index (χ3n) is 4.37. The van der Waals surface area contributed by atoms with Crippen LogP contribution in [0.3, 0.4) is 0 Å². The first-order chi connectivity index (χ1) is 10.3. The van der Waals surface area contributed by atoms with E-state index in [1.54, 1.807) is 13.0 Å². The molecule has 1 unspecified atom stereocenters. The summed E-state index contributed by atoms with van der Waals surface area (Å²) in [7, 11) is -2.19. The monoisotopic (exact) mass is 324 g/mol. The molecule has 1 aromatic carbocycles. The lowest BCUT2D eigenvalue weighted by molar-refractivity contribution is 0.0682. The van der Waals surface area contributed by atoms with Crippen LogP contribution in [-0.4, -0.2) is 39.4 Å². The van der Waals surface area contributed by atoms with Gasteiger partial charge in [-0.1, -0.05) is 6.92 Å². The van der Waals surface area contributed by atoms with E-state index in [1.807, 2.05) is 11.8 Å². The smallest absolute Gasteiger partial charge is 0.253 e. The zero-order valence-corrected chi connectivity index (χ0v) is 14.5. The molecular formula is C16H24N2O3S. The van der Waals surface area contributed by atoms with Gasteiger partial charge in [-0.3, -0.25) is 4.79 Å². The molecule has 0 aliphatic carbocycles. The molecular weight excluding hydrogens is 300 g/mol. The maximum Gasteiger partial charge on any atom is 0.253 e. The van der Waals surface area contributed by atoms with Gasteiger partial charge in [-0.05, 0) is 62.9 Å². The van der Waals surface area contributed by atoms with E-state index in [0.717, 1.165) is 31.5 Å². The molecule has 1 heterocycles. The summed E-state index contributed by atoms with van der Waals surface area (Å²) in [5, 5.41) is 0. The van der Waals surface area contributed by atoms with E-state index in [-0.39, 0.29) is 10.8 Å². The standard InChI is InChI=1S/C16H24N2O3S/c1-11-6-5-7-18(10-11)16(19)14-8-12(2)13(3)15(9-14)22(20,21)17-4/h8-9,11,17H,5-7,10H2,1-4H3. The third kappa shape index (κ3) is 3.33. The van der Waals surface area contributed by atoms with Gasteiger partial charge in [0.05, 0.1) is 4.90 Å². The average Bonchev–Trinajstić information content (AvgIpc) is 2.49. The molecule has 0 bridgehead atoms. The minimum Gasteiger partial charge on any atom is -0.338 e. The number of likely N-dealkylation sites (tertiary alicyclic amines) is 1. The van der Waals surface area contributed by atoms with Crippen LogP contribution in [0.1, 0.15) is 41.3 Å². The SMILES string of the molecule is CNS(=O)(=O)c1cc(C(=O)N2CCCC(C)C2)cc(C)c1C. The van der Waals surface area contributed by atoms with Gasteiger partial charge in [0.1, 0.15) is 0 Å². The topological polar surface area (TPSA) is 66.5 Å². The predicted molar refractivity (Wildman–Crippen MR) is 86.5 cm³/mol. The number of benzene rings is 1. The number of piperidine rings is 1. The van der Waals surface area contributed by atoms with Crippen molar-refractivity contribution in [2.45, 2.75) is 38.5 Å². The lowest BCUT2D eigenvalue weighted by Crippen LogP contribution is -2.39. The van der Waals surface area contributed by atoms with Crippen molar-refractivity contribution in [3.63, 3.8) is 0 Å². The number of rotatable bonds is 3. The molecule has 122 valence electrons. The minimum absolute atomic E-state index is 0.0813. The number of hydrogen-bond acceptors (Lipinski definition) is 3. The zero-order valence-electron chi connectivity index (χ0n) is 13.6. The average molecular weight is 324 g/mol. The van der Waals surface area contributed by atoms with E-state index in [9.17, 15) is 13.2 Å². The zero-order chi connectivity index (χ0) is 16.5. The molecule has 0 radical (unpaired) electrons. The van der Waals surface area contributed by atoms with Gasteiger partial charge < -0.3 is 4.90 Å². The summed E-state index contributed by atoms with van der Waals surface area (Å²) in [5.74, 6) is 0.409. The molecule has 1 atom stereocenters. The molecule has 2 rings (SSSR count). The molecule has 6 heteroatoms. The maximum absolute atomic E-state index is 12.7. The Bertz CT molecular complexity index is 683. The van der Waals surface area contributed by atoms with Gasteiger partial charge in [-0.25, -0.2) is 13.1 Å². The molecule has 1 aliphatic heterocycles. The molecule has 1 amide bonds. The van der Waals surface area contributed by atoms with Crippen molar-refractivity contribution >= 4 is 15.9 Å². The quantitative estimate of drug-likeness (QED) is 0.926. The number of carbonyl (C=O) groups is 1. The Balaban J connectivity index is 2.42. The Morgan fingerprint density at radius 3 is 2.59 bits per heavy atom. The largest absolute Gasteiger partial charge is 0.338 e. The van der Waals surface area contributed by atoms with Crippen molar-refractivity contribution in [1.82, 2.24) is 9.62 Å². The van der Waals surface area contributed by atoms with E-state index in [4.69, 9.17) is 0 Å². The van der Waals surface area contributed by atoms with Crippen LogP contribution in [0.2, 0.25) is 0 Å². The molecule has 22 heavy (non-hydrogen) atoms. The fourth-order valence-electron chi connectivity index (χ4n) is 2.90. The number of sulfonamides is 1. The summed E-state index contributed by atoms with van der Waals surface area (Å²) in [6.45, 7) is 7.21. The molecule has 0 aromatic heterocycles. The number of hydrogen-bond donors (Lipinski definition) is 1. The lowest BCUT2D eigenvalue weighted by Gasteiger charge is -2.31. The predicted octanol–water partition coefficient (Wildman–Crippen LogP) is 2.08. The Kier molecular flexibility index (Phi) is 4.92. The van der Waals surface area contributed by atoms with E-state index in [2.05, 4.69) is 11.6 Å². The van der Waals surface area contributed by atoms with Crippen LogP contribution in [0.15, 0.2) is 17.0 Å². The highest BCUT2D eigenvalue weighted by atomic mass is 32.2. The number of aryl methyl sites for hydroxylation is 1. The van der Waals surface area contributed by atoms with Crippen LogP contribution in [-0.2, 0) is 10.0 Å². The highest BCUT2D eigenvalue weighted by molar-refractivity contribution is 7.89. The van der Waals surface area contributed by atoms with Crippen LogP contribution in [0.5, 0.6) is 0 Å². The third-order valence-corrected chi connectivity index (χ3v) is 5.91. The highest BCUT2D eigenvalue weighted by Crippen LogP contribution is 2.24. The summed E-state index contributed by atoms with van der Waals surface area (Å²) in [5.41, 5.74) is 1.94. The van der Waals surface area contributed by atoms with Crippen LogP contribution < -0.4 is 4.72 Å². The Labute approximate surface area is 132 Å². The fourth-order valence-corrected chi connectivity index (χ4v) is 3.96. The fraction of sp³-hybridized carbons (Fsp3) is 0.562. The van der Waals surface area contributed by atoms with Gasteiger partial charge in [0.15, 0.2) is 0 Å². The van der Waals surface area contributed by atoms with Gasteiger partial charge in [0.2, 0.25) is 10.0 Å². The molecule has 1 N–H and O–H groups in total. The second kappa shape index (κ2) is 6.38. The molecule has 1 saturated heterocycles. The van der Waals surface area contributed by atoms with Crippen LogP contribution in [0.25, 0.3) is 0 Å². The molecule has 0 spiro atoms. The number of amides is 1. The van der Waals surface area contributed by atoms with E-state index in [1.165, 1.54) is 13.1 Å². The second-order valence-corrected chi connectivity index (χ2v) is 7.98. The summed E-state index contributed by atoms with van der Waals surface area (Å²) >= 11 is 0. The van der Waals surface area contributed by atoms with Gasteiger partial charge in [0, 0.05) is 18.7 Å². The molecule has 1 fully saturated rings. The van der Waals surface area contributed by atoms with E-state index < -0.39 is 10.0 Å². The van der Waals surface area contributed by atoms with E-state index >= 15 is 0 Å². The highest BCUT2D eigenvalue weighted by Gasteiger charge is 2.25. The van der Waals surface area contributed by atoms with Gasteiger partial charge in [-0.2, -0.15) is 0 Å².